The Hall–Kier alpha value is -1.45. The Morgan fingerprint density at radius 1 is 1.45 bits per heavy atom. The van der Waals surface area contributed by atoms with Gasteiger partial charge in [0.2, 0.25) is 0 Å². The Kier molecular flexibility index (Phi) is 4.11. The van der Waals surface area contributed by atoms with Gasteiger partial charge < -0.3 is 5.11 Å². The van der Waals surface area contributed by atoms with Crippen LogP contribution in [0.4, 0.5) is 5.82 Å². The lowest BCUT2D eigenvalue weighted by Gasteiger charge is -2.06. The summed E-state index contributed by atoms with van der Waals surface area (Å²) in [4.78, 5) is 14.6. The molecule has 0 aliphatic carbocycles. The Morgan fingerprint density at radius 3 is 2.70 bits per heavy atom. The molecule has 0 amide bonds. The van der Waals surface area contributed by atoms with Gasteiger partial charge in [0, 0.05) is 6.20 Å². The molecule has 0 saturated carbocycles. The van der Waals surface area contributed by atoms with Gasteiger partial charge in [-0.25, -0.2) is 18.2 Å². The summed E-state index contributed by atoms with van der Waals surface area (Å²) in [7, 11) is -3.89. The standard InChI is InChI=1S/C11H9BrN2O4S2/c1-6-2-3-13-9(4-6)14-20(17,18)8-5-7(11(15)16)19-10(8)12/h2-5H,1H3,(H,13,14)(H,15,16). The monoisotopic (exact) mass is 376 g/mol. The van der Waals surface area contributed by atoms with Gasteiger partial charge in [0.05, 0.1) is 3.79 Å². The number of carboxylic acid groups (broad SMARTS) is 1. The highest BCUT2D eigenvalue weighted by Crippen LogP contribution is 2.32. The molecular weight excluding hydrogens is 368 g/mol. The van der Waals surface area contributed by atoms with Gasteiger partial charge in [-0.15, -0.1) is 11.3 Å². The van der Waals surface area contributed by atoms with Crippen LogP contribution in [0.3, 0.4) is 0 Å². The summed E-state index contributed by atoms with van der Waals surface area (Å²) in [6.07, 6.45) is 1.48. The lowest BCUT2D eigenvalue weighted by atomic mass is 10.3. The second kappa shape index (κ2) is 5.51. The minimum atomic E-state index is -3.89. The normalized spacial score (nSPS) is 11.3. The van der Waals surface area contributed by atoms with E-state index in [0.717, 1.165) is 23.0 Å². The summed E-state index contributed by atoms with van der Waals surface area (Å²) in [6.45, 7) is 1.81. The molecular formula is C11H9BrN2O4S2. The number of pyridine rings is 1. The molecule has 2 aromatic heterocycles. The highest BCUT2D eigenvalue weighted by molar-refractivity contribution is 9.11. The van der Waals surface area contributed by atoms with Gasteiger partial charge in [-0.1, -0.05) is 0 Å². The number of hydrogen-bond donors (Lipinski definition) is 2. The van der Waals surface area contributed by atoms with Crippen LogP contribution in [0.25, 0.3) is 0 Å². The zero-order valence-corrected chi connectivity index (χ0v) is 13.3. The molecule has 2 heterocycles. The number of carbonyl (C=O) groups is 1. The number of aromatic nitrogens is 1. The zero-order valence-electron chi connectivity index (χ0n) is 10.1. The maximum atomic E-state index is 12.2. The van der Waals surface area contributed by atoms with E-state index in [1.54, 1.807) is 12.1 Å². The third-order valence-corrected chi connectivity index (χ3v) is 5.90. The van der Waals surface area contributed by atoms with Crippen LogP contribution in [-0.4, -0.2) is 24.5 Å². The van der Waals surface area contributed by atoms with E-state index in [-0.39, 0.29) is 19.4 Å². The lowest BCUT2D eigenvalue weighted by Crippen LogP contribution is -2.13. The van der Waals surface area contributed by atoms with Crippen LogP contribution in [0.2, 0.25) is 0 Å². The van der Waals surface area contributed by atoms with Crippen molar-refractivity contribution in [3.05, 3.63) is 38.6 Å². The fourth-order valence-corrected chi connectivity index (χ4v) is 4.83. The first-order valence-electron chi connectivity index (χ1n) is 5.28. The molecule has 2 aromatic rings. The van der Waals surface area contributed by atoms with E-state index in [2.05, 4.69) is 25.6 Å². The number of aryl methyl sites for hydroxylation is 1. The first-order valence-corrected chi connectivity index (χ1v) is 8.37. The van der Waals surface area contributed by atoms with Crippen LogP contribution in [-0.2, 0) is 10.0 Å². The maximum absolute atomic E-state index is 12.2. The van der Waals surface area contributed by atoms with Crippen molar-refractivity contribution >= 4 is 49.1 Å². The van der Waals surface area contributed by atoms with Crippen molar-refractivity contribution in [3.63, 3.8) is 0 Å². The summed E-state index contributed by atoms with van der Waals surface area (Å²) in [5, 5.41) is 8.88. The molecule has 20 heavy (non-hydrogen) atoms. The highest BCUT2D eigenvalue weighted by Gasteiger charge is 2.23. The number of nitrogens with one attached hydrogen (secondary N) is 1. The van der Waals surface area contributed by atoms with Gasteiger partial charge in [0.25, 0.3) is 10.0 Å². The topological polar surface area (TPSA) is 96.4 Å². The molecule has 0 fully saturated rings. The van der Waals surface area contributed by atoms with Crippen molar-refractivity contribution in [1.29, 1.82) is 0 Å². The second-order valence-electron chi connectivity index (χ2n) is 3.88. The molecule has 9 heteroatoms. The van der Waals surface area contributed by atoms with Crippen molar-refractivity contribution in [3.8, 4) is 0 Å². The fourth-order valence-electron chi connectivity index (χ4n) is 1.43. The Balaban J connectivity index is 2.38. The van der Waals surface area contributed by atoms with Crippen molar-refractivity contribution in [2.24, 2.45) is 0 Å². The number of thiophene rings is 1. The Morgan fingerprint density at radius 2 is 2.15 bits per heavy atom. The minimum absolute atomic E-state index is 0.0607. The quantitative estimate of drug-likeness (QED) is 0.854. The smallest absolute Gasteiger partial charge is 0.345 e. The number of hydrogen-bond acceptors (Lipinski definition) is 5. The van der Waals surface area contributed by atoms with E-state index >= 15 is 0 Å². The molecule has 0 spiro atoms. The number of carboxylic acids is 1. The minimum Gasteiger partial charge on any atom is -0.477 e. The molecule has 106 valence electrons. The average Bonchev–Trinajstić information content (AvgIpc) is 2.71. The van der Waals surface area contributed by atoms with Gasteiger partial charge in [-0.3, -0.25) is 4.72 Å². The molecule has 2 rings (SSSR count). The molecule has 0 saturated heterocycles. The molecule has 0 atom stereocenters. The zero-order chi connectivity index (χ0) is 14.9. The van der Waals surface area contributed by atoms with Crippen LogP contribution >= 0.6 is 27.3 Å². The number of rotatable bonds is 4. The summed E-state index contributed by atoms with van der Waals surface area (Å²) in [5.74, 6) is -0.995. The Labute approximate surface area is 127 Å². The lowest BCUT2D eigenvalue weighted by molar-refractivity contribution is 0.0702. The van der Waals surface area contributed by atoms with E-state index in [1.165, 1.54) is 6.20 Å². The average molecular weight is 377 g/mol. The number of aromatic carboxylic acids is 1. The van der Waals surface area contributed by atoms with Crippen LogP contribution < -0.4 is 4.72 Å². The van der Waals surface area contributed by atoms with Crippen molar-refractivity contribution in [2.75, 3.05) is 4.72 Å². The molecule has 2 N–H and O–H groups in total. The van der Waals surface area contributed by atoms with Crippen molar-refractivity contribution in [2.45, 2.75) is 11.8 Å². The van der Waals surface area contributed by atoms with E-state index in [0.29, 0.717) is 0 Å². The predicted octanol–water partition coefficient (Wildman–Crippen LogP) is 2.71. The van der Waals surface area contributed by atoms with Crippen LogP contribution in [0, 0.1) is 6.92 Å². The van der Waals surface area contributed by atoms with Gasteiger partial charge in [-0.2, -0.15) is 0 Å². The molecule has 0 bridgehead atoms. The van der Waals surface area contributed by atoms with Gasteiger partial charge in [-0.05, 0) is 46.6 Å². The highest BCUT2D eigenvalue weighted by atomic mass is 79.9. The van der Waals surface area contributed by atoms with Gasteiger partial charge in [0.15, 0.2) is 0 Å². The van der Waals surface area contributed by atoms with E-state index in [9.17, 15) is 13.2 Å². The summed E-state index contributed by atoms with van der Waals surface area (Å²) < 4.78 is 26.9. The van der Waals surface area contributed by atoms with E-state index in [1.807, 2.05) is 6.92 Å². The number of nitrogens with zero attached hydrogens (tertiary/aromatic N) is 1. The second-order valence-corrected chi connectivity index (χ2v) is 7.90. The van der Waals surface area contributed by atoms with Crippen molar-refractivity contribution < 1.29 is 18.3 Å². The molecule has 0 aliphatic rings. The SMILES string of the molecule is Cc1ccnc(NS(=O)(=O)c2cc(C(=O)O)sc2Br)c1. The Bertz CT molecular complexity index is 770. The molecule has 0 unspecified atom stereocenters. The summed E-state index contributed by atoms with van der Waals surface area (Å²) >= 11 is 3.91. The molecule has 0 aliphatic heterocycles. The largest absolute Gasteiger partial charge is 0.477 e. The van der Waals surface area contributed by atoms with Crippen molar-refractivity contribution in [1.82, 2.24) is 4.98 Å². The van der Waals surface area contributed by atoms with Crippen LogP contribution in [0.15, 0.2) is 33.1 Å². The van der Waals surface area contributed by atoms with Gasteiger partial charge in [0.1, 0.15) is 15.6 Å². The first kappa shape index (κ1) is 14.9. The van der Waals surface area contributed by atoms with Crippen LogP contribution in [0.1, 0.15) is 15.2 Å². The predicted molar refractivity (Wildman–Crippen MR) is 78.8 cm³/mol. The number of sulfonamides is 1. The molecule has 6 nitrogen and oxygen atoms in total. The third kappa shape index (κ3) is 3.17. The summed E-state index contributed by atoms with van der Waals surface area (Å²) in [6, 6.07) is 4.42. The fraction of sp³-hybridized carbons (Fsp3) is 0.0909. The maximum Gasteiger partial charge on any atom is 0.345 e. The first-order chi connectivity index (χ1) is 9.29. The van der Waals surface area contributed by atoms with Gasteiger partial charge >= 0.3 is 5.97 Å². The summed E-state index contributed by atoms with van der Waals surface area (Å²) in [5.41, 5.74) is 0.855. The molecule has 0 aromatic carbocycles. The molecule has 0 radical (unpaired) electrons. The van der Waals surface area contributed by atoms with E-state index in [4.69, 9.17) is 5.11 Å². The third-order valence-electron chi connectivity index (χ3n) is 2.31. The van der Waals surface area contributed by atoms with Crippen LogP contribution in [0.5, 0.6) is 0 Å². The number of anilines is 1. The van der Waals surface area contributed by atoms with E-state index < -0.39 is 16.0 Å². The number of halogens is 1.